The monoisotopic (exact) mass is 430 g/mol. The number of benzene rings is 2. The summed E-state index contributed by atoms with van der Waals surface area (Å²) in [4.78, 5) is 12.3. The maximum atomic E-state index is 13.2. The fourth-order valence-corrected chi connectivity index (χ4v) is 4.12. The van der Waals surface area contributed by atoms with Gasteiger partial charge < -0.3 is 4.52 Å². The number of halogens is 2. The fourth-order valence-electron chi connectivity index (χ4n) is 2.44. The van der Waals surface area contributed by atoms with Gasteiger partial charge in [0.25, 0.3) is 5.91 Å². The van der Waals surface area contributed by atoms with Crippen LogP contribution in [0.15, 0.2) is 63.5 Å². The molecule has 4 aromatic rings. The highest BCUT2D eigenvalue weighted by molar-refractivity contribution is 8.00. The summed E-state index contributed by atoms with van der Waals surface area (Å²) in [6, 6.07) is 14.2. The Bertz CT molecular complexity index is 1130. The second-order valence-electron chi connectivity index (χ2n) is 5.84. The number of anilines is 1. The lowest BCUT2D eigenvalue weighted by molar-refractivity contribution is 0.101. The Morgan fingerprint density at radius 1 is 1.07 bits per heavy atom. The van der Waals surface area contributed by atoms with Crippen LogP contribution in [0.4, 0.5) is 13.9 Å². The molecule has 2 aromatic carbocycles. The normalized spacial score (nSPS) is 10.8. The van der Waals surface area contributed by atoms with Gasteiger partial charge in [-0.3, -0.25) is 10.1 Å². The van der Waals surface area contributed by atoms with Crippen LogP contribution in [0.1, 0.15) is 16.1 Å². The molecular formula is C19H12F2N4O2S2. The molecule has 1 N–H and O–H groups in total. The zero-order valence-corrected chi connectivity index (χ0v) is 16.3. The number of thioether (sulfide) groups is 1. The molecule has 0 aliphatic carbocycles. The minimum absolute atomic E-state index is 0.114. The molecule has 2 aromatic heterocycles. The van der Waals surface area contributed by atoms with Crippen molar-refractivity contribution in [2.75, 3.05) is 5.32 Å². The Kier molecular flexibility index (Phi) is 5.63. The van der Waals surface area contributed by atoms with Gasteiger partial charge in [0.2, 0.25) is 5.13 Å². The lowest BCUT2D eigenvalue weighted by Crippen LogP contribution is -2.11. The molecular weight excluding hydrogens is 418 g/mol. The van der Waals surface area contributed by atoms with E-state index in [0.29, 0.717) is 21.4 Å². The molecule has 0 radical (unpaired) electrons. The van der Waals surface area contributed by atoms with Crippen LogP contribution in [0.2, 0.25) is 0 Å². The molecule has 6 nitrogen and oxygen atoms in total. The van der Waals surface area contributed by atoms with Crippen molar-refractivity contribution >= 4 is 34.1 Å². The first-order chi connectivity index (χ1) is 14.1. The summed E-state index contributed by atoms with van der Waals surface area (Å²) in [5.74, 6) is -0.940. The third kappa shape index (κ3) is 4.84. The van der Waals surface area contributed by atoms with Crippen molar-refractivity contribution in [2.45, 2.75) is 10.1 Å². The van der Waals surface area contributed by atoms with Crippen molar-refractivity contribution in [3.8, 4) is 11.3 Å². The van der Waals surface area contributed by atoms with Crippen molar-refractivity contribution in [2.24, 2.45) is 0 Å². The number of hydrogen-bond acceptors (Lipinski definition) is 7. The van der Waals surface area contributed by atoms with E-state index in [1.54, 1.807) is 6.07 Å². The molecule has 146 valence electrons. The van der Waals surface area contributed by atoms with Crippen LogP contribution < -0.4 is 5.32 Å². The van der Waals surface area contributed by atoms with Gasteiger partial charge >= 0.3 is 0 Å². The van der Waals surface area contributed by atoms with E-state index in [-0.39, 0.29) is 10.8 Å². The summed E-state index contributed by atoms with van der Waals surface area (Å²) < 4.78 is 32.2. The maximum absolute atomic E-state index is 13.2. The van der Waals surface area contributed by atoms with E-state index in [1.165, 1.54) is 23.9 Å². The summed E-state index contributed by atoms with van der Waals surface area (Å²) >= 11 is 2.41. The van der Waals surface area contributed by atoms with Crippen LogP contribution in [0.3, 0.4) is 0 Å². The Morgan fingerprint density at radius 2 is 1.83 bits per heavy atom. The summed E-state index contributed by atoms with van der Waals surface area (Å²) in [7, 11) is 0. The molecule has 0 unspecified atom stereocenters. The van der Waals surface area contributed by atoms with Gasteiger partial charge in [-0.05, 0) is 17.7 Å². The predicted octanol–water partition coefficient (Wildman–Crippen LogP) is 5.02. The highest BCUT2D eigenvalue weighted by atomic mass is 32.2. The SMILES string of the molecule is O=C(Nc1nnc(SCc2cc(F)cc(F)c2)s1)c1cc(-c2ccccc2)on1. The average molecular weight is 430 g/mol. The molecule has 0 spiro atoms. The molecule has 1 amide bonds. The second-order valence-corrected chi connectivity index (χ2v) is 8.04. The quantitative estimate of drug-likeness (QED) is 0.342. The van der Waals surface area contributed by atoms with Gasteiger partial charge in [0.05, 0.1) is 0 Å². The zero-order valence-electron chi connectivity index (χ0n) is 14.6. The number of nitrogens with zero attached hydrogens (tertiary/aromatic N) is 3. The summed E-state index contributed by atoms with van der Waals surface area (Å²) in [5.41, 5.74) is 1.41. The number of rotatable bonds is 6. The first-order valence-corrected chi connectivity index (χ1v) is 10.1. The van der Waals surface area contributed by atoms with Crippen LogP contribution in [-0.2, 0) is 5.75 Å². The highest BCUT2D eigenvalue weighted by Gasteiger charge is 2.16. The first-order valence-electron chi connectivity index (χ1n) is 8.31. The first kappa shape index (κ1) is 19.2. The second kappa shape index (κ2) is 8.50. The minimum Gasteiger partial charge on any atom is -0.355 e. The largest absolute Gasteiger partial charge is 0.355 e. The van der Waals surface area contributed by atoms with E-state index in [2.05, 4.69) is 20.7 Å². The van der Waals surface area contributed by atoms with E-state index < -0.39 is 17.5 Å². The Morgan fingerprint density at radius 3 is 2.59 bits per heavy atom. The van der Waals surface area contributed by atoms with Gasteiger partial charge in [0, 0.05) is 23.4 Å². The van der Waals surface area contributed by atoms with Crippen molar-refractivity contribution in [1.29, 1.82) is 0 Å². The average Bonchev–Trinajstić information content (AvgIpc) is 3.36. The topological polar surface area (TPSA) is 80.9 Å². The summed E-state index contributed by atoms with van der Waals surface area (Å²) in [6.45, 7) is 0. The predicted molar refractivity (Wildman–Crippen MR) is 106 cm³/mol. The molecule has 0 aliphatic rings. The molecule has 0 fully saturated rings. The molecule has 0 aliphatic heterocycles. The number of nitrogens with one attached hydrogen (secondary N) is 1. The molecule has 0 saturated heterocycles. The van der Waals surface area contributed by atoms with Crippen LogP contribution in [-0.4, -0.2) is 21.3 Å². The van der Waals surface area contributed by atoms with Gasteiger partial charge in [0.15, 0.2) is 15.8 Å². The van der Waals surface area contributed by atoms with E-state index in [0.717, 1.165) is 23.0 Å². The van der Waals surface area contributed by atoms with Crippen LogP contribution in [0, 0.1) is 11.6 Å². The zero-order chi connectivity index (χ0) is 20.2. The van der Waals surface area contributed by atoms with E-state index >= 15 is 0 Å². The maximum Gasteiger partial charge on any atom is 0.279 e. The molecule has 2 heterocycles. The van der Waals surface area contributed by atoms with Gasteiger partial charge in [-0.15, -0.1) is 10.2 Å². The molecule has 4 rings (SSSR count). The van der Waals surface area contributed by atoms with Crippen LogP contribution in [0.5, 0.6) is 0 Å². The summed E-state index contributed by atoms with van der Waals surface area (Å²) in [6.07, 6.45) is 0. The third-order valence-corrected chi connectivity index (χ3v) is 5.76. The van der Waals surface area contributed by atoms with E-state index in [1.807, 2.05) is 30.3 Å². The van der Waals surface area contributed by atoms with Crippen LogP contribution >= 0.6 is 23.1 Å². The van der Waals surface area contributed by atoms with E-state index in [4.69, 9.17) is 4.52 Å². The van der Waals surface area contributed by atoms with E-state index in [9.17, 15) is 13.6 Å². The molecule has 29 heavy (non-hydrogen) atoms. The number of carbonyl (C=O) groups excluding carboxylic acids is 1. The number of amides is 1. The summed E-state index contributed by atoms with van der Waals surface area (Å²) in [5, 5.41) is 14.5. The smallest absolute Gasteiger partial charge is 0.279 e. The van der Waals surface area contributed by atoms with Gasteiger partial charge in [-0.1, -0.05) is 58.6 Å². The third-order valence-electron chi connectivity index (χ3n) is 3.71. The molecule has 0 atom stereocenters. The van der Waals surface area contributed by atoms with Crippen molar-refractivity contribution < 1.29 is 18.1 Å². The standard InChI is InChI=1S/C19H12F2N4O2S2/c20-13-6-11(7-14(21)8-13)10-28-19-24-23-18(29-19)22-17(26)15-9-16(27-25-15)12-4-2-1-3-5-12/h1-9H,10H2,(H,22,23,26). The van der Waals surface area contributed by atoms with Crippen LogP contribution in [0.25, 0.3) is 11.3 Å². The van der Waals surface area contributed by atoms with Crippen molar-refractivity contribution in [1.82, 2.24) is 15.4 Å². The molecule has 0 saturated carbocycles. The molecule has 0 bridgehead atoms. The van der Waals surface area contributed by atoms with Crippen molar-refractivity contribution in [3.05, 3.63) is 77.5 Å². The molecule has 10 heteroatoms. The number of hydrogen-bond donors (Lipinski definition) is 1. The Balaban J connectivity index is 1.37. The lowest BCUT2D eigenvalue weighted by atomic mass is 10.1. The van der Waals surface area contributed by atoms with Gasteiger partial charge in [-0.25, -0.2) is 8.78 Å². The highest BCUT2D eigenvalue weighted by Crippen LogP contribution is 2.29. The lowest BCUT2D eigenvalue weighted by Gasteiger charge is -1.99. The number of carbonyl (C=O) groups is 1. The fraction of sp³-hybridized carbons (Fsp3) is 0.0526. The van der Waals surface area contributed by atoms with Crippen molar-refractivity contribution in [3.63, 3.8) is 0 Å². The Hall–Kier alpha value is -3.11. The number of aromatic nitrogens is 3. The Labute approximate surface area is 172 Å². The minimum atomic E-state index is -0.631. The van der Waals surface area contributed by atoms with Gasteiger partial charge in [0.1, 0.15) is 11.6 Å². The van der Waals surface area contributed by atoms with Gasteiger partial charge in [-0.2, -0.15) is 0 Å².